The number of phenolic OH excluding ortho intramolecular Hbond substituents is 1. The van der Waals surface area contributed by atoms with Gasteiger partial charge in [-0.1, -0.05) is 23.8 Å². The molecule has 2 aliphatic heterocycles. The number of anilines is 1. The summed E-state index contributed by atoms with van der Waals surface area (Å²) in [5, 5.41) is 10.4. The zero-order valence-electron chi connectivity index (χ0n) is 22.0. The van der Waals surface area contributed by atoms with E-state index in [1.807, 2.05) is 6.08 Å². The van der Waals surface area contributed by atoms with E-state index in [1.54, 1.807) is 32.9 Å². The third-order valence-electron chi connectivity index (χ3n) is 8.77. The largest absolute Gasteiger partial charge is 0.508 e. The van der Waals surface area contributed by atoms with E-state index >= 15 is 0 Å². The van der Waals surface area contributed by atoms with Gasteiger partial charge in [-0.15, -0.1) is 23.2 Å². The fraction of sp³-hybridized carbons (Fsp3) is 0.400. The number of carbonyl (C=O) groups is 4. The van der Waals surface area contributed by atoms with Gasteiger partial charge < -0.3 is 5.11 Å². The van der Waals surface area contributed by atoms with Crippen molar-refractivity contribution in [3.8, 4) is 5.75 Å². The van der Waals surface area contributed by atoms with Crippen molar-refractivity contribution < 1.29 is 28.7 Å². The summed E-state index contributed by atoms with van der Waals surface area (Å²) in [4.78, 5) is 53.8. The van der Waals surface area contributed by atoms with Crippen molar-refractivity contribution in [3.63, 3.8) is 0 Å². The number of nitrogens with zero attached hydrogens (tertiary/aromatic N) is 2. The van der Waals surface area contributed by atoms with Crippen molar-refractivity contribution in [1.29, 1.82) is 0 Å². The molecular weight excluding hydrogens is 558 g/mol. The van der Waals surface area contributed by atoms with Gasteiger partial charge in [0.25, 0.3) is 11.8 Å². The fourth-order valence-electron chi connectivity index (χ4n) is 7.14. The van der Waals surface area contributed by atoms with Crippen LogP contribution in [0, 0.1) is 23.6 Å². The number of halogens is 3. The van der Waals surface area contributed by atoms with Gasteiger partial charge in [-0.3, -0.25) is 24.1 Å². The number of allylic oxidation sites excluding steroid dienone is 2. The maximum Gasteiger partial charge on any atom is 0.258 e. The molecule has 1 N–H and O–H groups in total. The maximum absolute atomic E-state index is 14.2. The van der Waals surface area contributed by atoms with Gasteiger partial charge in [-0.2, -0.15) is 0 Å². The second-order valence-electron chi connectivity index (χ2n) is 12.0. The summed E-state index contributed by atoms with van der Waals surface area (Å²) in [5.74, 6) is -5.88. The average Bonchev–Trinajstić information content (AvgIpc) is 3.23. The number of alkyl halides is 2. The van der Waals surface area contributed by atoms with Crippen LogP contribution in [0.4, 0.5) is 10.1 Å². The summed E-state index contributed by atoms with van der Waals surface area (Å²) in [7, 11) is 0. The number of likely N-dealkylation sites (tertiary alicyclic amines) is 1. The molecule has 2 aromatic rings. The first-order chi connectivity index (χ1) is 18.7. The van der Waals surface area contributed by atoms with Crippen molar-refractivity contribution in [3.05, 3.63) is 71.6 Å². The summed E-state index contributed by atoms with van der Waals surface area (Å²) in [5.41, 5.74) is 0.442. The van der Waals surface area contributed by atoms with Gasteiger partial charge in [0.1, 0.15) is 11.6 Å². The number of phenols is 1. The quantitative estimate of drug-likeness (QED) is 0.308. The number of fused-ring (bicyclic) bond motifs is 4. The number of aromatic hydroxyl groups is 1. The lowest BCUT2D eigenvalue weighted by Gasteiger charge is -2.50. The number of imide groups is 2. The molecule has 10 heteroatoms. The molecule has 4 aliphatic rings. The van der Waals surface area contributed by atoms with Crippen LogP contribution in [0.5, 0.6) is 5.75 Å². The Bertz CT molecular complexity index is 1520. The fourth-order valence-corrected chi connectivity index (χ4v) is 8.07. The normalized spacial score (nSPS) is 33.6. The Balaban J connectivity index is 1.55. The van der Waals surface area contributed by atoms with Gasteiger partial charge in [0.2, 0.25) is 11.8 Å². The summed E-state index contributed by atoms with van der Waals surface area (Å²) >= 11 is 14.5. The number of amides is 4. The van der Waals surface area contributed by atoms with E-state index in [-0.39, 0.29) is 36.1 Å². The number of hydrogen-bond acceptors (Lipinski definition) is 5. The first-order valence-electron chi connectivity index (χ1n) is 13.1. The Kier molecular flexibility index (Phi) is 5.82. The highest BCUT2D eigenvalue weighted by Crippen LogP contribution is 2.66. The lowest BCUT2D eigenvalue weighted by atomic mass is 9.56. The molecule has 2 heterocycles. The SMILES string of the molecule is CC(C)(C)N1C(=O)[C@H]2[C@H](CC=C3[C@H]2C[C@@]2(Cl)C(=O)N(c4ccc(F)cc4)C(=O)[C@@]2(Cl)[C@H]3c2cccc(O)c2)C1=O. The van der Waals surface area contributed by atoms with Crippen LogP contribution in [-0.2, 0) is 19.2 Å². The highest BCUT2D eigenvalue weighted by Gasteiger charge is 2.76. The van der Waals surface area contributed by atoms with Crippen molar-refractivity contribution >= 4 is 52.5 Å². The lowest BCUT2D eigenvalue weighted by Crippen LogP contribution is -2.60. The van der Waals surface area contributed by atoms with Crippen LogP contribution in [0.2, 0.25) is 0 Å². The summed E-state index contributed by atoms with van der Waals surface area (Å²) < 4.78 is 13.7. The van der Waals surface area contributed by atoms with Crippen molar-refractivity contribution in [1.82, 2.24) is 4.90 Å². The summed E-state index contributed by atoms with van der Waals surface area (Å²) in [6.07, 6.45) is 1.95. The maximum atomic E-state index is 14.2. The Hall–Kier alpha value is -3.23. The Morgan fingerprint density at radius 3 is 2.25 bits per heavy atom. The van der Waals surface area contributed by atoms with Gasteiger partial charge in [0, 0.05) is 11.5 Å². The highest BCUT2D eigenvalue weighted by atomic mass is 35.5. The van der Waals surface area contributed by atoms with E-state index in [9.17, 15) is 28.7 Å². The van der Waals surface area contributed by atoms with Gasteiger partial charge in [0.15, 0.2) is 9.75 Å². The molecule has 3 fully saturated rings. The molecule has 2 saturated heterocycles. The van der Waals surface area contributed by atoms with Crippen molar-refractivity contribution in [2.24, 2.45) is 17.8 Å². The number of hydrogen-bond donors (Lipinski definition) is 1. The molecule has 7 nitrogen and oxygen atoms in total. The third kappa shape index (κ3) is 3.41. The second kappa shape index (κ2) is 8.63. The first-order valence-corrected chi connectivity index (χ1v) is 13.9. The predicted molar refractivity (Wildman–Crippen MR) is 146 cm³/mol. The van der Waals surface area contributed by atoms with Crippen LogP contribution >= 0.6 is 23.2 Å². The molecule has 4 amide bonds. The molecule has 2 aromatic carbocycles. The number of benzene rings is 2. The van der Waals surface area contributed by atoms with E-state index in [2.05, 4.69) is 0 Å². The van der Waals surface area contributed by atoms with E-state index in [4.69, 9.17) is 23.2 Å². The molecule has 2 aliphatic carbocycles. The second-order valence-corrected chi connectivity index (χ2v) is 13.3. The van der Waals surface area contributed by atoms with Gasteiger partial charge >= 0.3 is 0 Å². The minimum absolute atomic E-state index is 0.0764. The molecule has 6 rings (SSSR count). The van der Waals surface area contributed by atoms with Crippen LogP contribution in [0.15, 0.2) is 60.2 Å². The number of rotatable bonds is 2. The minimum Gasteiger partial charge on any atom is -0.508 e. The van der Waals surface area contributed by atoms with Crippen molar-refractivity contribution in [2.45, 2.75) is 54.8 Å². The van der Waals surface area contributed by atoms with E-state index in [0.717, 1.165) is 17.0 Å². The standard InChI is InChI=1S/C30H27Cl2FN2O5/c1-28(2,3)35-24(37)20-12-11-19-21(22(20)25(35)38)14-29(31)26(39)34(17-9-7-16(33)8-10-17)27(40)30(29,32)23(19)15-5-4-6-18(36)13-15/h4-11,13,20-23,36H,12,14H2,1-3H3/t20-,21+,22-,23-,29+,30-/m0/s1. The minimum atomic E-state index is -2.03. The van der Waals surface area contributed by atoms with Gasteiger partial charge in [-0.05, 0) is 81.5 Å². The molecule has 1 saturated carbocycles. The Labute approximate surface area is 240 Å². The molecule has 0 radical (unpaired) electrons. The van der Waals surface area contributed by atoms with E-state index < -0.39 is 56.6 Å². The van der Waals surface area contributed by atoms with Crippen LogP contribution in [0.1, 0.15) is 45.1 Å². The lowest BCUT2D eigenvalue weighted by molar-refractivity contribution is -0.145. The molecule has 0 bridgehead atoms. The van der Waals surface area contributed by atoms with Crippen LogP contribution in [-0.4, -0.2) is 48.9 Å². The molecule has 0 aromatic heterocycles. The molecule has 0 unspecified atom stereocenters. The van der Waals surface area contributed by atoms with Gasteiger partial charge in [0.05, 0.1) is 17.5 Å². The zero-order chi connectivity index (χ0) is 28.9. The van der Waals surface area contributed by atoms with E-state index in [0.29, 0.717) is 11.1 Å². The van der Waals surface area contributed by atoms with E-state index in [1.165, 1.54) is 29.2 Å². The van der Waals surface area contributed by atoms with Crippen LogP contribution in [0.25, 0.3) is 0 Å². The summed E-state index contributed by atoms with van der Waals surface area (Å²) in [6, 6.07) is 11.1. The molecule has 208 valence electrons. The molecule has 0 spiro atoms. The highest BCUT2D eigenvalue weighted by molar-refractivity contribution is 6.58. The molecule has 40 heavy (non-hydrogen) atoms. The monoisotopic (exact) mass is 584 g/mol. The molecule has 6 atom stereocenters. The topological polar surface area (TPSA) is 95.0 Å². The zero-order valence-corrected chi connectivity index (χ0v) is 23.5. The number of carbonyl (C=O) groups excluding carboxylic acids is 4. The molecular formula is C30H27Cl2FN2O5. The average molecular weight is 585 g/mol. The third-order valence-corrected chi connectivity index (χ3v) is 10.2. The van der Waals surface area contributed by atoms with Crippen LogP contribution < -0.4 is 4.90 Å². The Morgan fingerprint density at radius 1 is 0.950 bits per heavy atom. The van der Waals surface area contributed by atoms with Gasteiger partial charge in [-0.25, -0.2) is 9.29 Å². The van der Waals surface area contributed by atoms with Crippen molar-refractivity contribution in [2.75, 3.05) is 4.90 Å². The first kappa shape index (κ1) is 27.0. The summed E-state index contributed by atoms with van der Waals surface area (Å²) in [6.45, 7) is 5.37. The smallest absolute Gasteiger partial charge is 0.258 e. The van der Waals surface area contributed by atoms with Crippen LogP contribution in [0.3, 0.4) is 0 Å². The Morgan fingerprint density at radius 2 is 1.62 bits per heavy atom. The predicted octanol–water partition coefficient (Wildman–Crippen LogP) is 4.89.